The molecule has 0 bridgehead atoms. The first-order chi connectivity index (χ1) is 18.8. The van der Waals surface area contributed by atoms with Crippen LogP contribution in [0.3, 0.4) is 0 Å². The zero-order valence-corrected chi connectivity index (χ0v) is 22.9. The molecule has 0 aliphatic carbocycles. The Balaban J connectivity index is 1.19. The summed E-state index contributed by atoms with van der Waals surface area (Å²) in [6.45, 7) is 4.25. The van der Waals surface area contributed by atoms with Crippen LogP contribution < -0.4 is 5.32 Å². The number of carbonyl (C=O) groups is 1. The molecule has 12 heteroatoms. The highest BCUT2D eigenvalue weighted by molar-refractivity contribution is 7.88. The molecule has 3 aromatic rings. The van der Waals surface area contributed by atoms with E-state index in [2.05, 4.69) is 20.3 Å². The van der Waals surface area contributed by atoms with Crippen LogP contribution in [0.1, 0.15) is 29.2 Å². The molecule has 0 saturated carbocycles. The van der Waals surface area contributed by atoms with Crippen molar-refractivity contribution in [3.05, 3.63) is 71.7 Å². The van der Waals surface area contributed by atoms with E-state index in [4.69, 9.17) is 0 Å². The Labute approximate surface area is 228 Å². The number of sulfonamides is 1. The van der Waals surface area contributed by atoms with Gasteiger partial charge in [0.2, 0.25) is 15.9 Å². The number of aliphatic hydroxyl groups is 1. The number of nitrogens with zero attached hydrogens (tertiary/aromatic N) is 6. The number of benzene rings is 1. The number of rotatable bonds is 9. The van der Waals surface area contributed by atoms with Gasteiger partial charge in [-0.15, -0.1) is 0 Å². The van der Waals surface area contributed by atoms with Crippen molar-refractivity contribution in [1.29, 1.82) is 0 Å². The van der Waals surface area contributed by atoms with Gasteiger partial charge in [0.15, 0.2) is 5.82 Å². The van der Waals surface area contributed by atoms with Gasteiger partial charge >= 0.3 is 0 Å². The monoisotopic (exact) mass is 553 g/mol. The summed E-state index contributed by atoms with van der Waals surface area (Å²) < 4.78 is 26.6. The van der Waals surface area contributed by atoms with Crippen LogP contribution in [-0.2, 0) is 27.8 Å². The van der Waals surface area contributed by atoms with Gasteiger partial charge in [-0.2, -0.15) is 9.40 Å². The molecule has 5 rings (SSSR count). The molecule has 1 fully saturated rings. The Kier molecular flexibility index (Phi) is 8.26. The molecule has 2 aromatic heterocycles. The number of carbonyl (C=O) groups excluding carboxylic acids is 1. The van der Waals surface area contributed by atoms with Gasteiger partial charge in [-0.05, 0) is 35.6 Å². The highest BCUT2D eigenvalue weighted by atomic mass is 32.2. The first kappa shape index (κ1) is 27.3. The topological polar surface area (TPSA) is 123 Å². The van der Waals surface area contributed by atoms with Crippen molar-refractivity contribution in [2.45, 2.75) is 25.4 Å². The highest BCUT2D eigenvalue weighted by Crippen LogP contribution is 2.30. The number of aliphatic hydroxyl groups excluding tert-OH is 1. The maximum absolute atomic E-state index is 12.9. The number of piperazine rings is 1. The average molecular weight is 554 g/mol. The van der Waals surface area contributed by atoms with Crippen molar-refractivity contribution in [2.75, 3.05) is 57.4 Å². The lowest BCUT2D eigenvalue weighted by Gasteiger charge is -2.32. The van der Waals surface area contributed by atoms with Crippen molar-refractivity contribution in [3.8, 4) is 0 Å². The van der Waals surface area contributed by atoms with Crippen LogP contribution in [0.25, 0.3) is 5.52 Å². The molecule has 1 amide bonds. The van der Waals surface area contributed by atoms with Gasteiger partial charge in [0, 0.05) is 52.0 Å². The Morgan fingerprint density at radius 3 is 2.64 bits per heavy atom. The number of aromatic nitrogens is 3. The van der Waals surface area contributed by atoms with E-state index in [1.54, 1.807) is 10.6 Å². The molecular formula is C27H35N7O4S. The molecule has 1 atom stereocenters. The van der Waals surface area contributed by atoms with E-state index in [9.17, 15) is 18.3 Å². The molecule has 0 unspecified atom stereocenters. The molecule has 39 heavy (non-hydrogen) atoms. The van der Waals surface area contributed by atoms with E-state index >= 15 is 0 Å². The summed E-state index contributed by atoms with van der Waals surface area (Å²) in [7, 11) is -3.13. The van der Waals surface area contributed by atoms with Gasteiger partial charge in [0.05, 0.1) is 18.9 Å². The largest absolute Gasteiger partial charge is 0.394 e. The van der Waals surface area contributed by atoms with E-state index < -0.39 is 10.0 Å². The SMILES string of the molecule is CS(=O)(=O)N1CCN(CC/C=C/C(=O)N2CCc3c(cn4ncnc(N[C@H](CO)c5ccccc5)c34)C2)CC1. The highest BCUT2D eigenvalue weighted by Gasteiger charge is 2.26. The number of amides is 1. The Hall–Kier alpha value is -3.32. The van der Waals surface area contributed by atoms with Crippen LogP contribution >= 0.6 is 0 Å². The molecule has 2 aliphatic heterocycles. The standard InChI is InChI=1S/C27H35N7O4S/c1-39(37,38)33-15-13-31(14-16-33)11-6-5-9-25(36)32-12-10-23-22(17-32)18-34-26(23)27(28-20-29-34)30-24(19-35)21-7-3-2-4-8-21/h2-5,7-9,18,20,24,35H,6,10-17,19H2,1H3,(H,28,29,30)/b9-5+/t24-/m1/s1. The van der Waals surface area contributed by atoms with Gasteiger partial charge in [0.1, 0.15) is 11.8 Å². The number of nitrogens with one attached hydrogen (secondary N) is 1. The molecule has 2 N–H and O–H groups in total. The second-order valence-corrected chi connectivity index (χ2v) is 12.0. The number of hydrogen-bond acceptors (Lipinski definition) is 8. The summed E-state index contributed by atoms with van der Waals surface area (Å²) in [4.78, 5) is 21.5. The number of anilines is 1. The number of fused-ring (bicyclic) bond motifs is 3. The normalized spacial score (nSPS) is 17.9. The minimum absolute atomic E-state index is 0.0216. The molecule has 4 heterocycles. The fourth-order valence-corrected chi connectivity index (χ4v) is 6.11. The van der Waals surface area contributed by atoms with E-state index in [-0.39, 0.29) is 18.6 Å². The Morgan fingerprint density at radius 2 is 1.92 bits per heavy atom. The molecule has 0 radical (unpaired) electrons. The summed E-state index contributed by atoms with van der Waals surface area (Å²) in [6.07, 6.45) is 9.67. The maximum Gasteiger partial charge on any atom is 0.246 e. The molecule has 1 saturated heterocycles. The molecule has 2 aliphatic rings. The van der Waals surface area contributed by atoms with Crippen LogP contribution in [0.4, 0.5) is 5.82 Å². The third-order valence-corrected chi connectivity index (χ3v) is 8.74. The van der Waals surface area contributed by atoms with Crippen LogP contribution in [0.15, 0.2) is 55.0 Å². The van der Waals surface area contributed by atoms with Crippen LogP contribution in [0, 0.1) is 0 Å². The van der Waals surface area contributed by atoms with Gasteiger partial charge in [-0.25, -0.2) is 17.9 Å². The van der Waals surface area contributed by atoms with Gasteiger partial charge in [0.25, 0.3) is 0 Å². The maximum atomic E-state index is 12.9. The third-order valence-electron chi connectivity index (χ3n) is 7.44. The van der Waals surface area contributed by atoms with Crippen LogP contribution in [-0.4, -0.2) is 100 Å². The van der Waals surface area contributed by atoms with E-state index in [1.165, 1.54) is 16.9 Å². The van der Waals surface area contributed by atoms with Crippen molar-refractivity contribution in [1.82, 2.24) is 28.7 Å². The summed E-state index contributed by atoms with van der Waals surface area (Å²) in [5.74, 6) is 0.637. The van der Waals surface area contributed by atoms with Crippen molar-refractivity contribution < 1.29 is 18.3 Å². The number of hydrogen-bond donors (Lipinski definition) is 2. The second kappa shape index (κ2) is 11.8. The molecule has 11 nitrogen and oxygen atoms in total. The van der Waals surface area contributed by atoms with E-state index in [0.29, 0.717) is 51.5 Å². The molecule has 208 valence electrons. The van der Waals surface area contributed by atoms with Crippen molar-refractivity contribution in [2.24, 2.45) is 0 Å². The zero-order chi connectivity index (χ0) is 27.4. The van der Waals surface area contributed by atoms with E-state index in [1.807, 2.05) is 47.5 Å². The lowest BCUT2D eigenvalue weighted by Crippen LogP contribution is -2.48. The third kappa shape index (κ3) is 6.30. The molecular weight excluding hydrogens is 518 g/mol. The second-order valence-electron chi connectivity index (χ2n) is 10.0. The predicted octanol–water partition coefficient (Wildman–Crippen LogP) is 1.28. The summed E-state index contributed by atoms with van der Waals surface area (Å²) >= 11 is 0. The zero-order valence-electron chi connectivity index (χ0n) is 22.1. The first-order valence-electron chi connectivity index (χ1n) is 13.2. The lowest BCUT2D eigenvalue weighted by molar-refractivity contribution is -0.126. The van der Waals surface area contributed by atoms with Gasteiger partial charge < -0.3 is 20.2 Å². The van der Waals surface area contributed by atoms with Crippen molar-refractivity contribution in [3.63, 3.8) is 0 Å². The van der Waals surface area contributed by atoms with Gasteiger partial charge in [-0.1, -0.05) is 36.4 Å². The summed E-state index contributed by atoms with van der Waals surface area (Å²) in [6, 6.07) is 9.46. The fourth-order valence-electron chi connectivity index (χ4n) is 5.28. The first-order valence-corrected chi connectivity index (χ1v) is 15.1. The summed E-state index contributed by atoms with van der Waals surface area (Å²) in [5.41, 5.74) is 4.00. The molecule has 1 aromatic carbocycles. The summed E-state index contributed by atoms with van der Waals surface area (Å²) in [5, 5.41) is 17.8. The smallest absolute Gasteiger partial charge is 0.246 e. The van der Waals surface area contributed by atoms with Crippen LogP contribution in [0.2, 0.25) is 0 Å². The average Bonchev–Trinajstić information content (AvgIpc) is 3.33. The predicted molar refractivity (Wildman–Crippen MR) is 149 cm³/mol. The fraction of sp³-hybridized carbons (Fsp3) is 0.444. The van der Waals surface area contributed by atoms with Crippen molar-refractivity contribution >= 4 is 27.3 Å². The molecule has 0 spiro atoms. The minimum Gasteiger partial charge on any atom is -0.394 e. The Bertz CT molecular complexity index is 1430. The van der Waals surface area contributed by atoms with Crippen LogP contribution in [0.5, 0.6) is 0 Å². The Morgan fingerprint density at radius 1 is 1.15 bits per heavy atom. The van der Waals surface area contributed by atoms with E-state index in [0.717, 1.165) is 35.2 Å². The minimum atomic E-state index is -3.13. The van der Waals surface area contributed by atoms with Gasteiger partial charge in [-0.3, -0.25) is 4.79 Å². The lowest BCUT2D eigenvalue weighted by atomic mass is 10.0. The quantitative estimate of drug-likeness (QED) is 0.380.